The lowest BCUT2D eigenvalue weighted by Crippen LogP contribution is -2.33. The molecule has 7 heteroatoms. The van der Waals surface area contributed by atoms with Crippen LogP contribution in [0.15, 0.2) is 35.4 Å². The topological polar surface area (TPSA) is 74.8 Å². The minimum absolute atomic E-state index is 0.0136. The highest BCUT2D eigenvalue weighted by atomic mass is 32.1. The first-order valence-corrected chi connectivity index (χ1v) is 8.41. The Balaban J connectivity index is 1.62. The predicted octanol–water partition coefficient (Wildman–Crippen LogP) is 2.17. The lowest BCUT2D eigenvalue weighted by Gasteiger charge is -2.19. The van der Waals surface area contributed by atoms with E-state index in [4.69, 9.17) is 0 Å². The molecule has 3 aromatic rings. The van der Waals surface area contributed by atoms with Gasteiger partial charge in [0.2, 0.25) is 0 Å². The van der Waals surface area contributed by atoms with Crippen molar-refractivity contribution >= 4 is 17.2 Å². The fraction of sp³-hybridized carbons (Fsp3) is 0.250. The smallest absolute Gasteiger partial charge is 0.271 e. The van der Waals surface area contributed by atoms with E-state index in [1.807, 2.05) is 4.90 Å². The zero-order valence-corrected chi connectivity index (χ0v) is 13.2. The van der Waals surface area contributed by atoms with Crippen molar-refractivity contribution in [2.75, 3.05) is 13.1 Å². The molecule has 0 saturated heterocycles. The first-order chi connectivity index (χ1) is 11.3. The van der Waals surface area contributed by atoms with Gasteiger partial charge in [-0.3, -0.25) is 9.89 Å². The summed E-state index contributed by atoms with van der Waals surface area (Å²) in [6.07, 6.45) is 4.73. The van der Waals surface area contributed by atoms with Gasteiger partial charge in [-0.25, -0.2) is 9.97 Å². The summed E-state index contributed by atoms with van der Waals surface area (Å²) in [4.78, 5) is 23.3. The number of aromatic nitrogens is 4. The van der Waals surface area contributed by atoms with Gasteiger partial charge in [0.15, 0.2) is 0 Å². The molecule has 1 aliphatic rings. The van der Waals surface area contributed by atoms with Crippen molar-refractivity contribution in [3.63, 3.8) is 0 Å². The number of thiophene rings is 1. The van der Waals surface area contributed by atoms with Crippen molar-refractivity contribution in [1.82, 2.24) is 25.1 Å². The average molecular weight is 325 g/mol. The molecule has 1 amide bonds. The molecule has 6 nitrogen and oxygen atoms in total. The zero-order valence-electron chi connectivity index (χ0n) is 12.4. The fourth-order valence-corrected chi connectivity index (χ4v) is 3.56. The minimum atomic E-state index is -0.0136. The molecule has 1 aliphatic heterocycles. The van der Waals surface area contributed by atoms with Crippen LogP contribution >= 0.6 is 11.3 Å². The lowest BCUT2D eigenvalue weighted by atomic mass is 10.0. The SMILES string of the molecule is O=C(c1ccn[nH]1)N1CCc2ncnc(-c3ccsc3)c2CC1. The van der Waals surface area contributed by atoms with E-state index in [0.717, 1.165) is 35.4 Å². The first-order valence-electron chi connectivity index (χ1n) is 7.47. The molecule has 0 aliphatic carbocycles. The summed E-state index contributed by atoms with van der Waals surface area (Å²) in [5.74, 6) is -0.0136. The van der Waals surface area contributed by atoms with Crippen molar-refractivity contribution in [1.29, 1.82) is 0 Å². The van der Waals surface area contributed by atoms with Crippen molar-refractivity contribution in [3.05, 3.63) is 52.4 Å². The molecule has 1 N–H and O–H groups in total. The van der Waals surface area contributed by atoms with Gasteiger partial charge < -0.3 is 4.90 Å². The van der Waals surface area contributed by atoms with E-state index in [2.05, 4.69) is 37.0 Å². The van der Waals surface area contributed by atoms with Gasteiger partial charge in [0.1, 0.15) is 12.0 Å². The standard InChI is InChI=1S/C16H15N5OS/c22-16(14-1-5-19-20-14)21-6-2-12-13(3-7-21)17-10-18-15(12)11-4-8-23-9-11/h1,4-5,8-10H,2-3,6-7H2,(H,19,20). The molecule has 0 spiro atoms. The van der Waals surface area contributed by atoms with Gasteiger partial charge in [0.25, 0.3) is 5.91 Å². The highest BCUT2D eigenvalue weighted by Gasteiger charge is 2.23. The quantitative estimate of drug-likeness (QED) is 0.783. The van der Waals surface area contributed by atoms with Crippen LogP contribution in [0.5, 0.6) is 0 Å². The number of aromatic amines is 1. The van der Waals surface area contributed by atoms with Crippen LogP contribution in [0.4, 0.5) is 0 Å². The summed E-state index contributed by atoms with van der Waals surface area (Å²) in [6.45, 7) is 1.32. The molecular formula is C16H15N5OS. The number of nitrogens with one attached hydrogen (secondary N) is 1. The summed E-state index contributed by atoms with van der Waals surface area (Å²) in [7, 11) is 0. The number of rotatable bonds is 2. The number of amides is 1. The number of nitrogens with zero attached hydrogens (tertiary/aromatic N) is 4. The van der Waals surface area contributed by atoms with E-state index < -0.39 is 0 Å². The van der Waals surface area contributed by atoms with Gasteiger partial charge in [-0.2, -0.15) is 16.4 Å². The monoisotopic (exact) mass is 325 g/mol. The third kappa shape index (κ3) is 2.63. The molecule has 0 saturated carbocycles. The van der Waals surface area contributed by atoms with Crippen LogP contribution < -0.4 is 0 Å². The van der Waals surface area contributed by atoms with Crippen LogP contribution in [0, 0.1) is 0 Å². The summed E-state index contributed by atoms with van der Waals surface area (Å²) >= 11 is 1.66. The molecule has 0 radical (unpaired) electrons. The number of fused-ring (bicyclic) bond motifs is 1. The van der Waals surface area contributed by atoms with Crippen molar-refractivity contribution in [2.24, 2.45) is 0 Å². The molecule has 4 heterocycles. The first kappa shape index (κ1) is 14.1. The van der Waals surface area contributed by atoms with Gasteiger partial charge >= 0.3 is 0 Å². The molecule has 4 rings (SSSR count). The lowest BCUT2D eigenvalue weighted by molar-refractivity contribution is 0.0757. The maximum Gasteiger partial charge on any atom is 0.271 e. The second kappa shape index (κ2) is 5.92. The zero-order chi connectivity index (χ0) is 15.6. The van der Waals surface area contributed by atoms with Crippen molar-refractivity contribution < 1.29 is 4.79 Å². The van der Waals surface area contributed by atoms with E-state index >= 15 is 0 Å². The summed E-state index contributed by atoms with van der Waals surface area (Å²) in [5.41, 5.74) is 4.85. The third-order valence-electron chi connectivity index (χ3n) is 4.10. The number of hydrogen-bond acceptors (Lipinski definition) is 5. The molecule has 0 unspecified atom stereocenters. The number of H-pyrrole nitrogens is 1. The molecule has 0 aromatic carbocycles. The molecule has 23 heavy (non-hydrogen) atoms. The van der Waals surface area contributed by atoms with Crippen LogP contribution in [-0.2, 0) is 12.8 Å². The Labute approximate surface area is 137 Å². The minimum Gasteiger partial charge on any atom is -0.337 e. The Hall–Kier alpha value is -2.54. The number of carbonyl (C=O) groups is 1. The van der Waals surface area contributed by atoms with Crippen LogP contribution in [-0.4, -0.2) is 44.1 Å². The summed E-state index contributed by atoms with van der Waals surface area (Å²) in [5, 5.41) is 10.7. The van der Waals surface area contributed by atoms with Gasteiger partial charge in [-0.15, -0.1) is 0 Å². The maximum atomic E-state index is 12.5. The molecule has 116 valence electrons. The van der Waals surface area contributed by atoms with E-state index in [0.29, 0.717) is 18.8 Å². The predicted molar refractivity (Wildman–Crippen MR) is 87.2 cm³/mol. The average Bonchev–Trinajstić information content (AvgIpc) is 3.24. The van der Waals surface area contributed by atoms with Gasteiger partial charge in [0, 0.05) is 47.9 Å². The van der Waals surface area contributed by atoms with Gasteiger partial charge in [-0.1, -0.05) is 0 Å². The Morgan fingerprint density at radius 2 is 2.13 bits per heavy atom. The molecule has 0 fully saturated rings. The fourth-order valence-electron chi connectivity index (χ4n) is 2.92. The van der Waals surface area contributed by atoms with E-state index in [1.54, 1.807) is 29.9 Å². The maximum absolute atomic E-state index is 12.5. The van der Waals surface area contributed by atoms with Gasteiger partial charge in [-0.05, 0) is 23.9 Å². The summed E-state index contributed by atoms with van der Waals surface area (Å²) in [6, 6.07) is 3.78. The number of carbonyl (C=O) groups excluding carboxylic acids is 1. The Morgan fingerprint density at radius 3 is 2.91 bits per heavy atom. The Kier molecular flexibility index (Phi) is 3.63. The van der Waals surface area contributed by atoms with E-state index in [9.17, 15) is 4.79 Å². The second-order valence-electron chi connectivity index (χ2n) is 5.42. The Morgan fingerprint density at radius 1 is 1.22 bits per heavy atom. The normalized spacial score (nSPS) is 14.3. The van der Waals surface area contributed by atoms with Gasteiger partial charge in [0.05, 0.1) is 5.69 Å². The van der Waals surface area contributed by atoms with Crippen LogP contribution in [0.3, 0.4) is 0 Å². The molecule has 0 atom stereocenters. The molecular weight excluding hydrogens is 310 g/mol. The number of hydrogen-bond donors (Lipinski definition) is 1. The van der Waals surface area contributed by atoms with Crippen LogP contribution in [0.25, 0.3) is 11.3 Å². The highest BCUT2D eigenvalue weighted by Crippen LogP contribution is 2.27. The highest BCUT2D eigenvalue weighted by molar-refractivity contribution is 7.08. The van der Waals surface area contributed by atoms with Crippen LogP contribution in [0.1, 0.15) is 21.7 Å². The summed E-state index contributed by atoms with van der Waals surface area (Å²) < 4.78 is 0. The van der Waals surface area contributed by atoms with E-state index in [-0.39, 0.29) is 5.91 Å². The molecule has 3 aromatic heterocycles. The van der Waals surface area contributed by atoms with Crippen molar-refractivity contribution in [3.8, 4) is 11.3 Å². The second-order valence-corrected chi connectivity index (χ2v) is 6.20. The van der Waals surface area contributed by atoms with Crippen molar-refractivity contribution in [2.45, 2.75) is 12.8 Å². The largest absolute Gasteiger partial charge is 0.337 e. The van der Waals surface area contributed by atoms with Crippen LogP contribution in [0.2, 0.25) is 0 Å². The third-order valence-corrected chi connectivity index (χ3v) is 4.78. The van der Waals surface area contributed by atoms with E-state index in [1.165, 1.54) is 0 Å². The Bertz CT molecular complexity index is 813. The molecule has 0 bridgehead atoms.